The fourth-order valence-corrected chi connectivity index (χ4v) is 1.26. The molecule has 2 atom stereocenters. The summed E-state index contributed by atoms with van der Waals surface area (Å²) >= 11 is 0. The van der Waals surface area contributed by atoms with Crippen molar-refractivity contribution >= 4 is 0 Å². The Morgan fingerprint density at radius 2 is 2.60 bits per heavy atom. The first-order valence-electron chi connectivity index (χ1n) is 3.41. The molecular formula is C7H10N2O. The van der Waals surface area contributed by atoms with Crippen molar-refractivity contribution in [3.8, 4) is 0 Å². The van der Waals surface area contributed by atoms with Gasteiger partial charge in [0.25, 0.3) is 0 Å². The number of allylic oxidation sites excluding steroid dienone is 2. The highest BCUT2D eigenvalue weighted by molar-refractivity contribution is 5.21. The van der Waals surface area contributed by atoms with Crippen molar-refractivity contribution in [3.63, 3.8) is 0 Å². The smallest absolute Gasteiger partial charge is 0.204 e. The molecule has 1 fully saturated rings. The highest BCUT2D eigenvalue weighted by atomic mass is 16.5. The van der Waals surface area contributed by atoms with Crippen molar-refractivity contribution in [1.82, 2.24) is 5.32 Å². The summed E-state index contributed by atoms with van der Waals surface area (Å²) in [6.45, 7) is 0. The third kappa shape index (κ3) is 0.836. The summed E-state index contributed by atoms with van der Waals surface area (Å²) in [4.78, 5) is 0. The molecule has 2 aliphatic rings. The van der Waals surface area contributed by atoms with Gasteiger partial charge in [-0.25, -0.2) is 0 Å². The molecule has 3 nitrogen and oxygen atoms in total. The molecule has 0 radical (unpaired) electrons. The van der Waals surface area contributed by atoms with E-state index in [0.717, 1.165) is 12.2 Å². The van der Waals surface area contributed by atoms with Crippen LogP contribution < -0.4 is 11.1 Å². The lowest BCUT2D eigenvalue weighted by molar-refractivity contribution is 0.152. The van der Waals surface area contributed by atoms with Gasteiger partial charge in [0.1, 0.15) is 5.76 Å². The molecule has 0 bridgehead atoms. The van der Waals surface area contributed by atoms with E-state index in [4.69, 9.17) is 10.5 Å². The van der Waals surface area contributed by atoms with E-state index < -0.39 is 0 Å². The Kier molecular flexibility index (Phi) is 1.25. The van der Waals surface area contributed by atoms with Gasteiger partial charge in [-0.2, -0.15) is 0 Å². The zero-order valence-electron chi connectivity index (χ0n) is 5.58. The van der Waals surface area contributed by atoms with Gasteiger partial charge >= 0.3 is 0 Å². The Bertz CT molecular complexity index is 198. The van der Waals surface area contributed by atoms with Crippen LogP contribution >= 0.6 is 0 Å². The standard InChI is InChI=1S/C7H10N2O/c8-7-9-5-3-1-2-4-6(5)10-7/h1-2,4-5,7,9H,3,8H2. The first-order valence-corrected chi connectivity index (χ1v) is 3.41. The molecule has 54 valence electrons. The molecule has 1 aliphatic heterocycles. The summed E-state index contributed by atoms with van der Waals surface area (Å²) in [5.41, 5.74) is 5.49. The molecule has 1 heterocycles. The van der Waals surface area contributed by atoms with Crippen molar-refractivity contribution in [2.24, 2.45) is 5.73 Å². The summed E-state index contributed by atoms with van der Waals surface area (Å²) in [6.07, 6.45) is 6.72. The fraction of sp³-hybridized carbons (Fsp3) is 0.429. The summed E-state index contributed by atoms with van der Waals surface area (Å²) in [7, 11) is 0. The lowest BCUT2D eigenvalue weighted by Gasteiger charge is -2.08. The molecule has 0 aromatic heterocycles. The quantitative estimate of drug-likeness (QED) is 0.497. The van der Waals surface area contributed by atoms with Crippen LogP contribution in [-0.2, 0) is 4.74 Å². The van der Waals surface area contributed by atoms with Gasteiger partial charge in [-0.05, 0) is 12.5 Å². The van der Waals surface area contributed by atoms with Crippen molar-refractivity contribution in [3.05, 3.63) is 24.0 Å². The van der Waals surface area contributed by atoms with E-state index in [1.54, 1.807) is 0 Å². The molecule has 0 saturated carbocycles. The Morgan fingerprint density at radius 3 is 3.40 bits per heavy atom. The van der Waals surface area contributed by atoms with Crippen molar-refractivity contribution in [1.29, 1.82) is 0 Å². The third-order valence-corrected chi connectivity index (χ3v) is 1.74. The van der Waals surface area contributed by atoms with E-state index in [-0.39, 0.29) is 6.35 Å². The Hall–Kier alpha value is -0.800. The van der Waals surface area contributed by atoms with Gasteiger partial charge < -0.3 is 4.74 Å². The fourth-order valence-electron chi connectivity index (χ4n) is 1.26. The van der Waals surface area contributed by atoms with Crippen LogP contribution in [0.2, 0.25) is 0 Å². The largest absolute Gasteiger partial charge is 0.465 e. The van der Waals surface area contributed by atoms with Crippen LogP contribution in [0.25, 0.3) is 0 Å². The molecule has 3 N–H and O–H groups in total. The van der Waals surface area contributed by atoms with Gasteiger partial charge in [-0.1, -0.05) is 12.2 Å². The first-order chi connectivity index (χ1) is 4.86. The minimum Gasteiger partial charge on any atom is -0.465 e. The second kappa shape index (κ2) is 2.11. The second-order valence-corrected chi connectivity index (χ2v) is 2.49. The van der Waals surface area contributed by atoms with Crippen molar-refractivity contribution in [2.75, 3.05) is 0 Å². The predicted molar refractivity (Wildman–Crippen MR) is 37.8 cm³/mol. The van der Waals surface area contributed by atoms with E-state index in [2.05, 4.69) is 11.4 Å². The maximum Gasteiger partial charge on any atom is 0.204 e. The Labute approximate surface area is 59.5 Å². The second-order valence-electron chi connectivity index (χ2n) is 2.49. The highest BCUT2D eigenvalue weighted by Gasteiger charge is 2.27. The van der Waals surface area contributed by atoms with Crippen LogP contribution in [0.3, 0.4) is 0 Å². The number of rotatable bonds is 0. The number of hydrogen-bond acceptors (Lipinski definition) is 3. The zero-order valence-corrected chi connectivity index (χ0v) is 5.58. The average molecular weight is 138 g/mol. The summed E-state index contributed by atoms with van der Waals surface area (Å²) < 4.78 is 5.24. The number of fused-ring (bicyclic) bond motifs is 1. The van der Waals surface area contributed by atoms with E-state index in [0.29, 0.717) is 6.04 Å². The van der Waals surface area contributed by atoms with E-state index in [1.807, 2.05) is 12.2 Å². The molecule has 3 heteroatoms. The molecule has 10 heavy (non-hydrogen) atoms. The Morgan fingerprint density at radius 1 is 1.70 bits per heavy atom. The van der Waals surface area contributed by atoms with E-state index in [1.165, 1.54) is 0 Å². The van der Waals surface area contributed by atoms with Crippen molar-refractivity contribution < 1.29 is 4.74 Å². The average Bonchev–Trinajstić information content (AvgIpc) is 2.27. The lowest BCUT2D eigenvalue weighted by Crippen LogP contribution is -2.36. The third-order valence-electron chi connectivity index (χ3n) is 1.74. The van der Waals surface area contributed by atoms with Gasteiger partial charge in [-0.3, -0.25) is 11.1 Å². The minimum atomic E-state index is -0.309. The van der Waals surface area contributed by atoms with Gasteiger partial charge in [0.15, 0.2) is 0 Å². The molecule has 2 rings (SSSR count). The summed E-state index contributed by atoms with van der Waals surface area (Å²) in [6, 6.07) is 0.319. The van der Waals surface area contributed by atoms with Crippen LogP contribution in [0.15, 0.2) is 24.0 Å². The van der Waals surface area contributed by atoms with Gasteiger partial charge in [0, 0.05) is 0 Å². The molecule has 0 aromatic carbocycles. The Balaban J connectivity index is 2.18. The van der Waals surface area contributed by atoms with Crippen LogP contribution in [0.5, 0.6) is 0 Å². The molecule has 0 spiro atoms. The van der Waals surface area contributed by atoms with Crippen LogP contribution in [0.1, 0.15) is 6.42 Å². The lowest BCUT2D eigenvalue weighted by atomic mass is 10.1. The summed E-state index contributed by atoms with van der Waals surface area (Å²) in [5.74, 6) is 0.968. The SMILES string of the molecule is NC1NC2CC=CC=C2O1. The topological polar surface area (TPSA) is 47.3 Å². The van der Waals surface area contributed by atoms with E-state index in [9.17, 15) is 0 Å². The molecule has 0 aromatic rings. The molecule has 1 saturated heterocycles. The normalized spacial score (nSPS) is 36.7. The number of ether oxygens (including phenoxy) is 1. The molecule has 0 amide bonds. The van der Waals surface area contributed by atoms with Gasteiger partial charge in [0.05, 0.1) is 6.04 Å². The number of nitrogens with two attached hydrogens (primary N) is 1. The minimum absolute atomic E-state index is 0.309. The highest BCUT2D eigenvalue weighted by Crippen LogP contribution is 2.20. The number of nitrogens with one attached hydrogen (secondary N) is 1. The molecular weight excluding hydrogens is 128 g/mol. The van der Waals surface area contributed by atoms with Crippen LogP contribution in [-0.4, -0.2) is 12.4 Å². The van der Waals surface area contributed by atoms with E-state index >= 15 is 0 Å². The maximum atomic E-state index is 5.49. The monoisotopic (exact) mass is 138 g/mol. The van der Waals surface area contributed by atoms with Gasteiger partial charge in [-0.15, -0.1) is 0 Å². The van der Waals surface area contributed by atoms with Crippen molar-refractivity contribution in [2.45, 2.75) is 18.8 Å². The first kappa shape index (κ1) is 5.95. The summed E-state index contributed by atoms with van der Waals surface area (Å²) in [5, 5.41) is 3.09. The van der Waals surface area contributed by atoms with Crippen LogP contribution in [0.4, 0.5) is 0 Å². The molecule has 1 aliphatic carbocycles. The van der Waals surface area contributed by atoms with Crippen LogP contribution in [0, 0.1) is 0 Å². The zero-order chi connectivity index (χ0) is 6.97. The van der Waals surface area contributed by atoms with Gasteiger partial charge in [0.2, 0.25) is 6.35 Å². The maximum absolute atomic E-state index is 5.49. The number of hydrogen-bond donors (Lipinski definition) is 2. The predicted octanol–water partition coefficient (Wildman–Crippen LogP) is 0.0609. The molecule has 2 unspecified atom stereocenters.